The maximum Gasteiger partial charge on any atom is 0.359 e. The number of aromatic nitrogens is 2. The van der Waals surface area contributed by atoms with Crippen LogP contribution in [0.15, 0.2) is 24.3 Å². The fourth-order valence-electron chi connectivity index (χ4n) is 1.84. The number of carbonyl (C=O) groups is 1. The van der Waals surface area contributed by atoms with Crippen LogP contribution in [-0.2, 0) is 4.74 Å². The lowest BCUT2D eigenvalue weighted by Gasteiger charge is -2.06. The molecule has 0 fully saturated rings. The summed E-state index contributed by atoms with van der Waals surface area (Å²) in [4.78, 5) is 11.8. The number of nitrogens with two attached hydrogens (primary N) is 1. The summed E-state index contributed by atoms with van der Waals surface area (Å²) in [5.74, 6) is 0.618. The second kappa shape index (κ2) is 5.64. The summed E-state index contributed by atoms with van der Waals surface area (Å²) in [6.45, 7) is 3.78. The Balaban J connectivity index is 2.47. The number of nitrogens with zero attached hydrogens (tertiary/aromatic N) is 2. The molecule has 0 aliphatic heterocycles. The fourth-order valence-corrected chi connectivity index (χ4v) is 1.84. The van der Waals surface area contributed by atoms with E-state index in [2.05, 4.69) is 5.10 Å². The van der Waals surface area contributed by atoms with Crippen LogP contribution in [0, 0.1) is 6.92 Å². The molecule has 0 bridgehead atoms. The van der Waals surface area contributed by atoms with E-state index in [0.717, 1.165) is 5.69 Å². The van der Waals surface area contributed by atoms with Crippen molar-refractivity contribution in [2.24, 2.45) is 0 Å². The van der Waals surface area contributed by atoms with E-state index in [0.29, 0.717) is 23.7 Å². The summed E-state index contributed by atoms with van der Waals surface area (Å²) in [7, 11) is 1.58. The number of ether oxygens (including phenoxy) is 2. The number of benzene rings is 1. The van der Waals surface area contributed by atoms with Crippen LogP contribution in [0.25, 0.3) is 5.69 Å². The van der Waals surface area contributed by atoms with Gasteiger partial charge in [-0.25, -0.2) is 9.48 Å². The highest BCUT2D eigenvalue weighted by Crippen LogP contribution is 2.23. The highest BCUT2D eigenvalue weighted by Gasteiger charge is 2.20. The zero-order valence-electron chi connectivity index (χ0n) is 11.7. The van der Waals surface area contributed by atoms with Crippen LogP contribution in [-0.4, -0.2) is 29.5 Å². The van der Waals surface area contributed by atoms with Crippen molar-refractivity contribution in [2.75, 3.05) is 19.5 Å². The second-order valence-electron chi connectivity index (χ2n) is 4.19. The predicted octanol–water partition coefficient (Wildman–Crippen LogP) is 1.95. The number of esters is 1. The quantitative estimate of drug-likeness (QED) is 0.863. The first-order valence-corrected chi connectivity index (χ1v) is 6.25. The zero-order valence-corrected chi connectivity index (χ0v) is 11.7. The first-order chi connectivity index (χ1) is 9.58. The molecular formula is C14H17N3O3. The molecule has 1 aromatic heterocycles. The minimum absolute atomic E-state index is 0.229. The number of methoxy groups -OCH3 is 1. The van der Waals surface area contributed by atoms with Gasteiger partial charge in [-0.3, -0.25) is 0 Å². The monoisotopic (exact) mass is 275 g/mol. The van der Waals surface area contributed by atoms with Crippen molar-refractivity contribution >= 4 is 11.8 Å². The van der Waals surface area contributed by atoms with E-state index in [4.69, 9.17) is 15.2 Å². The Hall–Kier alpha value is -2.50. The van der Waals surface area contributed by atoms with Gasteiger partial charge < -0.3 is 15.2 Å². The summed E-state index contributed by atoms with van der Waals surface area (Å²) < 4.78 is 11.6. The van der Waals surface area contributed by atoms with Crippen LogP contribution in [0.4, 0.5) is 5.82 Å². The molecule has 6 heteroatoms. The summed E-state index contributed by atoms with van der Waals surface area (Å²) in [6, 6.07) is 7.27. The molecule has 2 aromatic rings. The largest absolute Gasteiger partial charge is 0.497 e. The van der Waals surface area contributed by atoms with Gasteiger partial charge >= 0.3 is 5.97 Å². The molecular weight excluding hydrogens is 258 g/mol. The number of hydrogen-bond acceptors (Lipinski definition) is 5. The molecule has 0 aliphatic carbocycles. The molecule has 0 amide bonds. The molecule has 6 nitrogen and oxygen atoms in total. The average Bonchev–Trinajstić information content (AvgIpc) is 2.76. The van der Waals surface area contributed by atoms with Crippen molar-refractivity contribution in [3.05, 3.63) is 35.5 Å². The standard InChI is InChI=1S/C14H17N3O3/c1-4-20-14(18)12-9(2)13(15)17(16-12)10-6-5-7-11(8-10)19-3/h5-8H,4,15H2,1-3H3. The zero-order chi connectivity index (χ0) is 14.7. The van der Waals surface area contributed by atoms with Gasteiger partial charge in [0.15, 0.2) is 5.69 Å². The highest BCUT2D eigenvalue weighted by atomic mass is 16.5. The van der Waals surface area contributed by atoms with Crippen LogP contribution in [0.3, 0.4) is 0 Å². The van der Waals surface area contributed by atoms with Crippen molar-refractivity contribution < 1.29 is 14.3 Å². The number of carbonyl (C=O) groups excluding carboxylic acids is 1. The van der Waals surface area contributed by atoms with Crippen LogP contribution in [0.1, 0.15) is 23.0 Å². The van der Waals surface area contributed by atoms with Gasteiger partial charge in [-0.05, 0) is 26.0 Å². The van der Waals surface area contributed by atoms with Crippen molar-refractivity contribution in [3.8, 4) is 11.4 Å². The van der Waals surface area contributed by atoms with Gasteiger partial charge in [0.1, 0.15) is 11.6 Å². The van der Waals surface area contributed by atoms with E-state index in [9.17, 15) is 4.79 Å². The number of anilines is 1. The number of rotatable bonds is 4. The lowest BCUT2D eigenvalue weighted by molar-refractivity contribution is 0.0518. The molecule has 106 valence electrons. The topological polar surface area (TPSA) is 79.4 Å². The first kappa shape index (κ1) is 13.9. The van der Waals surface area contributed by atoms with E-state index in [1.54, 1.807) is 27.0 Å². The van der Waals surface area contributed by atoms with Crippen LogP contribution in [0.2, 0.25) is 0 Å². The summed E-state index contributed by atoms with van der Waals surface area (Å²) in [5.41, 5.74) is 7.57. The Morgan fingerprint density at radius 1 is 1.45 bits per heavy atom. The normalized spacial score (nSPS) is 10.3. The SMILES string of the molecule is CCOC(=O)c1nn(-c2cccc(OC)c2)c(N)c1C. The van der Waals surface area contributed by atoms with Gasteiger partial charge in [0.05, 0.1) is 19.4 Å². The average molecular weight is 275 g/mol. The Morgan fingerprint density at radius 2 is 2.20 bits per heavy atom. The van der Waals surface area contributed by atoms with Crippen LogP contribution >= 0.6 is 0 Å². The predicted molar refractivity (Wildman–Crippen MR) is 75.2 cm³/mol. The van der Waals surface area contributed by atoms with E-state index >= 15 is 0 Å². The molecule has 0 atom stereocenters. The van der Waals surface area contributed by atoms with Gasteiger partial charge in [-0.1, -0.05) is 6.07 Å². The molecule has 0 saturated carbocycles. The maximum atomic E-state index is 11.8. The van der Waals surface area contributed by atoms with E-state index < -0.39 is 5.97 Å². The summed E-state index contributed by atoms with van der Waals surface area (Å²) in [5, 5.41) is 4.24. The van der Waals surface area contributed by atoms with Gasteiger partial charge in [0.2, 0.25) is 0 Å². The lowest BCUT2D eigenvalue weighted by atomic mass is 10.2. The molecule has 20 heavy (non-hydrogen) atoms. The molecule has 1 heterocycles. The van der Waals surface area contributed by atoms with Crippen LogP contribution in [0.5, 0.6) is 5.75 Å². The molecule has 0 aliphatic rings. The minimum Gasteiger partial charge on any atom is -0.497 e. The van der Waals surface area contributed by atoms with Crippen molar-refractivity contribution in [2.45, 2.75) is 13.8 Å². The van der Waals surface area contributed by atoms with Gasteiger partial charge in [0, 0.05) is 11.6 Å². The van der Waals surface area contributed by atoms with Crippen molar-refractivity contribution in [3.63, 3.8) is 0 Å². The Kier molecular flexibility index (Phi) is 3.93. The van der Waals surface area contributed by atoms with Gasteiger partial charge in [0.25, 0.3) is 0 Å². The third-order valence-electron chi connectivity index (χ3n) is 2.93. The molecule has 2 rings (SSSR count). The molecule has 0 spiro atoms. The van der Waals surface area contributed by atoms with E-state index in [-0.39, 0.29) is 5.69 Å². The highest BCUT2D eigenvalue weighted by molar-refractivity contribution is 5.90. The van der Waals surface area contributed by atoms with Crippen LogP contribution < -0.4 is 10.5 Å². The minimum atomic E-state index is -0.474. The lowest BCUT2D eigenvalue weighted by Crippen LogP contribution is -2.07. The Labute approximate surface area is 117 Å². The number of nitrogen functional groups attached to an aromatic ring is 1. The van der Waals surface area contributed by atoms with Gasteiger partial charge in [-0.2, -0.15) is 5.10 Å². The molecule has 2 N–H and O–H groups in total. The molecule has 1 aromatic carbocycles. The molecule has 0 radical (unpaired) electrons. The Bertz CT molecular complexity index is 635. The Morgan fingerprint density at radius 3 is 2.85 bits per heavy atom. The van der Waals surface area contributed by atoms with Gasteiger partial charge in [-0.15, -0.1) is 0 Å². The fraction of sp³-hybridized carbons (Fsp3) is 0.286. The third-order valence-corrected chi connectivity index (χ3v) is 2.93. The third kappa shape index (κ3) is 2.45. The smallest absolute Gasteiger partial charge is 0.359 e. The van der Waals surface area contributed by atoms with E-state index in [1.807, 2.05) is 18.2 Å². The van der Waals surface area contributed by atoms with Crippen molar-refractivity contribution in [1.82, 2.24) is 9.78 Å². The first-order valence-electron chi connectivity index (χ1n) is 6.25. The summed E-state index contributed by atoms with van der Waals surface area (Å²) >= 11 is 0. The van der Waals surface area contributed by atoms with Crippen molar-refractivity contribution in [1.29, 1.82) is 0 Å². The molecule has 0 saturated heterocycles. The molecule has 0 unspecified atom stereocenters. The number of hydrogen-bond donors (Lipinski definition) is 1. The summed E-state index contributed by atoms with van der Waals surface area (Å²) in [6.07, 6.45) is 0. The maximum absolute atomic E-state index is 11.8. The second-order valence-corrected chi connectivity index (χ2v) is 4.19. The van der Waals surface area contributed by atoms with E-state index in [1.165, 1.54) is 4.68 Å².